The first-order valence-electron chi connectivity index (χ1n) is 7.23. The van der Waals surface area contributed by atoms with Crippen LogP contribution in [0, 0.1) is 0 Å². The van der Waals surface area contributed by atoms with Crippen LogP contribution in [-0.4, -0.2) is 22.7 Å². The number of nitrogens with zero attached hydrogens (tertiary/aromatic N) is 1. The largest absolute Gasteiger partial charge is 0.493 e. The van der Waals surface area contributed by atoms with E-state index in [1.54, 1.807) is 0 Å². The molecule has 5 nitrogen and oxygen atoms in total. The third-order valence-corrected chi connectivity index (χ3v) is 3.72. The fourth-order valence-electron chi connectivity index (χ4n) is 2.47. The Hall–Kier alpha value is -2.30. The van der Waals surface area contributed by atoms with Crippen LogP contribution in [0.15, 0.2) is 30.3 Å². The highest BCUT2D eigenvalue weighted by molar-refractivity contribution is 5.92. The van der Waals surface area contributed by atoms with E-state index in [0.29, 0.717) is 18.2 Å². The van der Waals surface area contributed by atoms with Crippen molar-refractivity contribution in [1.82, 2.24) is 15.5 Å². The van der Waals surface area contributed by atoms with Crippen molar-refractivity contribution in [1.29, 1.82) is 0 Å². The second-order valence-electron chi connectivity index (χ2n) is 5.56. The normalized spacial score (nSPS) is 17.2. The Kier molecular flexibility index (Phi) is 3.64. The molecule has 1 aromatic carbocycles. The van der Waals surface area contributed by atoms with Crippen molar-refractivity contribution >= 4 is 5.91 Å². The molecule has 0 fully saturated rings. The van der Waals surface area contributed by atoms with E-state index in [4.69, 9.17) is 4.74 Å². The number of benzene rings is 1. The summed E-state index contributed by atoms with van der Waals surface area (Å²) in [6.45, 7) is 4.73. The van der Waals surface area contributed by atoms with Crippen LogP contribution in [0.5, 0.6) is 5.75 Å². The van der Waals surface area contributed by atoms with Crippen LogP contribution in [0.25, 0.3) is 0 Å². The first-order valence-corrected chi connectivity index (χ1v) is 7.23. The van der Waals surface area contributed by atoms with Gasteiger partial charge in [0.1, 0.15) is 11.4 Å². The lowest BCUT2D eigenvalue weighted by molar-refractivity contribution is 0.0919. The monoisotopic (exact) mass is 285 g/mol. The van der Waals surface area contributed by atoms with Crippen LogP contribution in [-0.2, 0) is 0 Å². The minimum Gasteiger partial charge on any atom is -0.493 e. The summed E-state index contributed by atoms with van der Waals surface area (Å²) in [5.41, 5.74) is 2.42. The van der Waals surface area contributed by atoms with Gasteiger partial charge in [0.05, 0.1) is 12.6 Å². The predicted molar refractivity (Wildman–Crippen MR) is 79.4 cm³/mol. The third-order valence-electron chi connectivity index (χ3n) is 3.72. The van der Waals surface area contributed by atoms with Gasteiger partial charge >= 0.3 is 0 Å². The maximum atomic E-state index is 12.3. The Balaban J connectivity index is 1.76. The van der Waals surface area contributed by atoms with Gasteiger partial charge in [-0.15, -0.1) is 0 Å². The summed E-state index contributed by atoms with van der Waals surface area (Å²) in [5.74, 6) is 1.02. The van der Waals surface area contributed by atoms with Crippen LogP contribution in [0.3, 0.4) is 0 Å². The van der Waals surface area contributed by atoms with E-state index in [0.717, 1.165) is 23.4 Å². The molecular weight excluding hydrogens is 266 g/mol. The summed E-state index contributed by atoms with van der Waals surface area (Å²) in [7, 11) is 0. The van der Waals surface area contributed by atoms with Crippen molar-refractivity contribution < 1.29 is 9.53 Å². The molecule has 1 amide bonds. The fraction of sp³-hybridized carbons (Fsp3) is 0.375. The summed E-state index contributed by atoms with van der Waals surface area (Å²) in [4.78, 5) is 12.3. The number of rotatable bonds is 3. The quantitative estimate of drug-likeness (QED) is 0.911. The standard InChI is InChI=1S/C16H19N3O2/c1-10(2)13-9-14(19-18-13)16(20)17-12-7-8-21-15-6-4-3-5-11(12)15/h3-6,9-10,12H,7-8H2,1-2H3,(H,17,20)(H,18,19). The summed E-state index contributed by atoms with van der Waals surface area (Å²) in [5, 5.41) is 10.0. The van der Waals surface area contributed by atoms with Gasteiger partial charge < -0.3 is 10.1 Å². The second kappa shape index (κ2) is 5.60. The van der Waals surface area contributed by atoms with Gasteiger partial charge in [-0.2, -0.15) is 5.10 Å². The fourth-order valence-corrected chi connectivity index (χ4v) is 2.47. The molecule has 21 heavy (non-hydrogen) atoms. The van der Waals surface area contributed by atoms with E-state index >= 15 is 0 Å². The molecule has 0 spiro atoms. The molecule has 5 heteroatoms. The van der Waals surface area contributed by atoms with Crippen LogP contribution in [0.1, 0.15) is 54.0 Å². The van der Waals surface area contributed by atoms with Crippen LogP contribution in [0.4, 0.5) is 0 Å². The molecule has 3 rings (SSSR count). The number of hydrogen-bond donors (Lipinski definition) is 2. The van der Waals surface area contributed by atoms with E-state index in [1.165, 1.54) is 0 Å². The molecule has 1 aliphatic rings. The number of carbonyl (C=O) groups is 1. The molecule has 110 valence electrons. The van der Waals surface area contributed by atoms with E-state index in [9.17, 15) is 4.79 Å². The topological polar surface area (TPSA) is 67.0 Å². The van der Waals surface area contributed by atoms with Gasteiger partial charge in [-0.1, -0.05) is 32.0 Å². The second-order valence-corrected chi connectivity index (χ2v) is 5.56. The number of carbonyl (C=O) groups excluding carboxylic acids is 1. The molecule has 1 aromatic heterocycles. The maximum absolute atomic E-state index is 12.3. The van der Waals surface area contributed by atoms with Crippen molar-refractivity contribution in [2.75, 3.05) is 6.61 Å². The first-order chi connectivity index (χ1) is 10.1. The summed E-state index contributed by atoms with van der Waals surface area (Å²) in [6.07, 6.45) is 0.768. The highest BCUT2D eigenvalue weighted by atomic mass is 16.5. The predicted octanol–water partition coefficient (Wildman–Crippen LogP) is 2.79. The Morgan fingerprint density at radius 3 is 3.00 bits per heavy atom. The zero-order valence-corrected chi connectivity index (χ0v) is 12.2. The van der Waals surface area contributed by atoms with Crippen LogP contribution in [0.2, 0.25) is 0 Å². The van der Waals surface area contributed by atoms with Gasteiger partial charge in [0.15, 0.2) is 0 Å². The maximum Gasteiger partial charge on any atom is 0.272 e. The number of ether oxygens (including phenoxy) is 1. The van der Waals surface area contributed by atoms with Gasteiger partial charge in [0, 0.05) is 17.7 Å². The first kappa shape index (κ1) is 13.7. The van der Waals surface area contributed by atoms with Gasteiger partial charge in [-0.05, 0) is 18.1 Å². The summed E-state index contributed by atoms with van der Waals surface area (Å²) >= 11 is 0. The smallest absolute Gasteiger partial charge is 0.272 e. The Morgan fingerprint density at radius 2 is 2.24 bits per heavy atom. The molecule has 2 N–H and O–H groups in total. The SMILES string of the molecule is CC(C)c1cc(C(=O)NC2CCOc3ccccc32)n[nH]1. The molecule has 0 saturated heterocycles. The van der Waals surface area contributed by atoms with Crippen LogP contribution < -0.4 is 10.1 Å². The molecular formula is C16H19N3O2. The van der Waals surface area contributed by atoms with E-state index in [1.807, 2.05) is 30.3 Å². The number of aromatic nitrogens is 2. The van der Waals surface area contributed by atoms with E-state index in [-0.39, 0.29) is 11.9 Å². The Labute approximate surface area is 123 Å². The van der Waals surface area contributed by atoms with Crippen molar-refractivity contribution in [2.24, 2.45) is 0 Å². The van der Waals surface area contributed by atoms with Crippen molar-refractivity contribution in [2.45, 2.75) is 32.2 Å². The zero-order valence-electron chi connectivity index (χ0n) is 12.2. The number of fused-ring (bicyclic) bond motifs is 1. The molecule has 2 aromatic rings. The number of para-hydroxylation sites is 1. The van der Waals surface area contributed by atoms with E-state index in [2.05, 4.69) is 29.4 Å². The van der Waals surface area contributed by atoms with Crippen LogP contribution >= 0.6 is 0 Å². The number of H-pyrrole nitrogens is 1. The lowest BCUT2D eigenvalue weighted by atomic mass is 10.0. The van der Waals surface area contributed by atoms with E-state index < -0.39 is 0 Å². The molecule has 0 radical (unpaired) electrons. The molecule has 0 saturated carbocycles. The van der Waals surface area contributed by atoms with Gasteiger partial charge in [0.2, 0.25) is 0 Å². The Bertz CT molecular complexity index is 648. The van der Waals surface area contributed by atoms with Gasteiger partial charge in [-0.25, -0.2) is 0 Å². The molecule has 1 aliphatic heterocycles. The molecule has 1 atom stereocenters. The summed E-state index contributed by atoms with van der Waals surface area (Å²) in [6, 6.07) is 9.60. The highest BCUT2D eigenvalue weighted by Gasteiger charge is 2.24. The molecule has 1 unspecified atom stereocenters. The zero-order chi connectivity index (χ0) is 14.8. The number of hydrogen-bond acceptors (Lipinski definition) is 3. The summed E-state index contributed by atoms with van der Waals surface area (Å²) < 4.78 is 5.60. The highest BCUT2D eigenvalue weighted by Crippen LogP contribution is 2.31. The number of amides is 1. The van der Waals surface area contributed by atoms with Crippen molar-refractivity contribution in [3.8, 4) is 5.75 Å². The number of aromatic amines is 1. The van der Waals surface area contributed by atoms with Gasteiger partial charge in [0.25, 0.3) is 5.91 Å². The number of nitrogens with one attached hydrogen (secondary N) is 2. The minimum absolute atomic E-state index is 0.0263. The minimum atomic E-state index is -0.153. The van der Waals surface area contributed by atoms with Gasteiger partial charge in [-0.3, -0.25) is 9.89 Å². The lowest BCUT2D eigenvalue weighted by Crippen LogP contribution is -2.32. The average molecular weight is 285 g/mol. The molecule has 0 bridgehead atoms. The lowest BCUT2D eigenvalue weighted by Gasteiger charge is -2.26. The third kappa shape index (κ3) is 2.77. The molecule has 2 heterocycles. The average Bonchev–Trinajstić information content (AvgIpc) is 2.98. The van der Waals surface area contributed by atoms with Crippen molar-refractivity contribution in [3.63, 3.8) is 0 Å². The Morgan fingerprint density at radius 1 is 1.43 bits per heavy atom. The van der Waals surface area contributed by atoms with Crippen molar-refractivity contribution in [3.05, 3.63) is 47.3 Å². The molecule has 0 aliphatic carbocycles.